The Morgan fingerprint density at radius 1 is 1.06 bits per heavy atom. The molecule has 0 bridgehead atoms. The zero-order valence-corrected chi connectivity index (χ0v) is 20.2. The highest BCUT2D eigenvalue weighted by Gasteiger charge is 2.23. The molecule has 0 fully saturated rings. The van der Waals surface area contributed by atoms with Gasteiger partial charge >= 0.3 is 0 Å². The molecule has 0 saturated heterocycles. The molecule has 1 heterocycles. The lowest BCUT2D eigenvalue weighted by Gasteiger charge is -2.18. The molecule has 1 amide bonds. The van der Waals surface area contributed by atoms with E-state index in [-0.39, 0.29) is 24.1 Å². The standard InChI is InChI=1S/C27H25Cl2FN2O2/c1-34-13-12-31-27(33)15-22(19-8-11-24(28)25(29)14-19)23-17-32(26-5-3-2-4-21(23)26)16-18-6-9-20(30)10-7-18/h2-11,14,17,22H,12-13,15-16H2,1H3,(H,31,33)/t22-/m0/s1. The van der Waals surface area contributed by atoms with Gasteiger partial charge in [-0.05, 0) is 47.0 Å². The number of amides is 1. The summed E-state index contributed by atoms with van der Waals surface area (Å²) in [6, 6.07) is 20.1. The number of nitrogens with zero attached hydrogens (tertiary/aromatic N) is 1. The molecule has 176 valence electrons. The monoisotopic (exact) mass is 498 g/mol. The van der Waals surface area contributed by atoms with E-state index in [1.54, 1.807) is 25.3 Å². The van der Waals surface area contributed by atoms with Crippen molar-refractivity contribution in [3.63, 3.8) is 0 Å². The Balaban J connectivity index is 1.76. The number of ether oxygens (including phenoxy) is 1. The zero-order chi connectivity index (χ0) is 24.1. The van der Waals surface area contributed by atoms with Gasteiger partial charge in [0.2, 0.25) is 5.91 Å². The largest absolute Gasteiger partial charge is 0.383 e. The van der Waals surface area contributed by atoms with E-state index in [1.807, 2.05) is 30.3 Å². The van der Waals surface area contributed by atoms with E-state index < -0.39 is 0 Å². The topological polar surface area (TPSA) is 43.3 Å². The van der Waals surface area contributed by atoms with Crippen LogP contribution in [0.5, 0.6) is 0 Å². The predicted molar refractivity (Wildman–Crippen MR) is 135 cm³/mol. The third kappa shape index (κ3) is 5.61. The highest BCUT2D eigenvalue weighted by atomic mass is 35.5. The molecule has 4 rings (SSSR count). The van der Waals surface area contributed by atoms with Gasteiger partial charge < -0.3 is 14.6 Å². The van der Waals surface area contributed by atoms with Gasteiger partial charge in [0.05, 0.1) is 16.7 Å². The molecule has 0 saturated carbocycles. The Kier molecular flexibility index (Phi) is 7.88. The minimum absolute atomic E-state index is 0.0801. The van der Waals surface area contributed by atoms with Gasteiger partial charge in [0.25, 0.3) is 0 Å². The van der Waals surface area contributed by atoms with Gasteiger partial charge in [-0.15, -0.1) is 0 Å². The molecule has 0 unspecified atom stereocenters. The van der Waals surface area contributed by atoms with Crippen LogP contribution < -0.4 is 5.32 Å². The van der Waals surface area contributed by atoms with Gasteiger partial charge in [-0.1, -0.05) is 59.6 Å². The fraction of sp³-hybridized carbons (Fsp3) is 0.222. The third-order valence-corrected chi connectivity index (χ3v) is 6.56. The van der Waals surface area contributed by atoms with Gasteiger partial charge in [-0.25, -0.2) is 4.39 Å². The normalized spacial score (nSPS) is 12.1. The number of fused-ring (bicyclic) bond motifs is 1. The number of hydrogen-bond donors (Lipinski definition) is 1. The molecular weight excluding hydrogens is 474 g/mol. The molecule has 1 atom stereocenters. The lowest BCUT2D eigenvalue weighted by atomic mass is 9.88. The predicted octanol–water partition coefficient (Wildman–Crippen LogP) is 6.42. The van der Waals surface area contributed by atoms with Crippen LogP contribution in [-0.4, -0.2) is 30.7 Å². The molecule has 4 aromatic rings. The van der Waals surface area contributed by atoms with Crippen LogP contribution in [0.4, 0.5) is 4.39 Å². The Morgan fingerprint density at radius 3 is 2.56 bits per heavy atom. The van der Waals surface area contributed by atoms with Crippen LogP contribution >= 0.6 is 23.2 Å². The highest BCUT2D eigenvalue weighted by molar-refractivity contribution is 6.42. The first-order valence-corrected chi connectivity index (χ1v) is 11.7. The first kappa shape index (κ1) is 24.3. The number of carbonyl (C=O) groups is 1. The smallest absolute Gasteiger partial charge is 0.221 e. The van der Waals surface area contributed by atoms with E-state index in [2.05, 4.69) is 22.1 Å². The van der Waals surface area contributed by atoms with E-state index in [4.69, 9.17) is 27.9 Å². The Labute approximate surface area is 208 Å². The van der Waals surface area contributed by atoms with E-state index in [9.17, 15) is 9.18 Å². The maximum absolute atomic E-state index is 13.4. The van der Waals surface area contributed by atoms with Crippen molar-refractivity contribution in [2.75, 3.05) is 20.3 Å². The number of nitrogens with one attached hydrogen (secondary N) is 1. The summed E-state index contributed by atoms with van der Waals surface area (Å²) in [5.41, 5.74) is 3.93. The second-order valence-electron chi connectivity index (χ2n) is 8.13. The third-order valence-electron chi connectivity index (χ3n) is 5.82. The van der Waals surface area contributed by atoms with Crippen LogP contribution in [-0.2, 0) is 16.1 Å². The fourth-order valence-corrected chi connectivity index (χ4v) is 4.46. The van der Waals surface area contributed by atoms with Gasteiger partial charge in [-0.3, -0.25) is 4.79 Å². The maximum Gasteiger partial charge on any atom is 0.221 e. The molecule has 0 spiro atoms. The van der Waals surface area contributed by atoms with Crippen LogP contribution in [0.25, 0.3) is 10.9 Å². The lowest BCUT2D eigenvalue weighted by molar-refractivity contribution is -0.121. The van der Waals surface area contributed by atoms with Crippen molar-refractivity contribution in [2.24, 2.45) is 0 Å². The van der Waals surface area contributed by atoms with Crippen molar-refractivity contribution in [3.8, 4) is 0 Å². The van der Waals surface area contributed by atoms with E-state index >= 15 is 0 Å². The van der Waals surface area contributed by atoms with Gasteiger partial charge in [0.15, 0.2) is 0 Å². The minimum atomic E-state index is -0.263. The van der Waals surface area contributed by atoms with Gasteiger partial charge in [-0.2, -0.15) is 0 Å². The number of hydrogen-bond acceptors (Lipinski definition) is 2. The summed E-state index contributed by atoms with van der Waals surface area (Å²) in [4.78, 5) is 12.8. The molecule has 0 aliphatic carbocycles. The molecule has 4 nitrogen and oxygen atoms in total. The zero-order valence-electron chi connectivity index (χ0n) is 18.7. The second-order valence-corrected chi connectivity index (χ2v) is 8.94. The number of aromatic nitrogens is 1. The number of benzene rings is 3. The van der Waals surface area contributed by atoms with Crippen molar-refractivity contribution >= 4 is 40.0 Å². The second kappa shape index (κ2) is 11.0. The number of para-hydroxylation sites is 1. The van der Waals surface area contributed by atoms with E-state index in [0.717, 1.165) is 27.6 Å². The highest BCUT2D eigenvalue weighted by Crippen LogP contribution is 2.37. The molecule has 3 aromatic carbocycles. The minimum Gasteiger partial charge on any atom is -0.383 e. The van der Waals surface area contributed by atoms with Gasteiger partial charge in [0, 0.05) is 49.6 Å². The fourth-order valence-electron chi connectivity index (χ4n) is 4.16. The van der Waals surface area contributed by atoms with Crippen LogP contribution in [0.3, 0.4) is 0 Å². The number of rotatable bonds is 9. The first-order chi connectivity index (χ1) is 16.5. The first-order valence-electron chi connectivity index (χ1n) is 11.0. The summed E-state index contributed by atoms with van der Waals surface area (Å²) in [7, 11) is 1.60. The quantitative estimate of drug-likeness (QED) is 0.270. The number of halogens is 3. The van der Waals surface area contributed by atoms with E-state index in [1.165, 1.54) is 12.1 Å². The van der Waals surface area contributed by atoms with Gasteiger partial charge in [0.1, 0.15) is 5.82 Å². The summed E-state index contributed by atoms with van der Waals surface area (Å²) in [5.74, 6) is -0.582. The summed E-state index contributed by atoms with van der Waals surface area (Å²) in [6.45, 7) is 1.46. The Morgan fingerprint density at radius 2 is 1.82 bits per heavy atom. The average Bonchev–Trinajstić information content (AvgIpc) is 3.19. The van der Waals surface area contributed by atoms with E-state index in [0.29, 0.717) is 29.7 Å². The SMILES string of the molecule is COCCNC(=O)C[C@@H](c1ccc(Cl)c(Cl)c1)c1cn(Cc2ccc(F)cc2)c2ccccc12. The molecule has 0 aliphatic rings. The summed E-state index contributed by atoms with van der Waals surface area (Å²) >= 11 is 12.5. The van der Waals surface area contributed by atoms with Crippen molar-refractivity contribution in [3.05, 3.63) is 105 Å². The van der Waals surface area contributed by atoms with Crippen LogP contribution in [0.2, 0.25) is 10.0 Å². The summed E-state index contributed by atoms with van der Waals surface area (Å²) in [5, 5.41) is 4.87. The number of carbonyl (C=O) groups excluding carboxylic acids is 1. The van der Waals surface area contributed by atoms with Crippen LogP contribution in [0, 0.1) is 5.82 Å². The molecule has 1 N–H and O–H groups in total. The maximum atomic E-state index is 13.4. The van der Waals surface area contributed by atoms with Crippen LogP contribution in [0.1, 0.15) is 29.0 Å². The molecule has 34 heavy (non-hydrogen) atoms. The van der Waals surface area contributed by atoms with Crippen LogP contribution in [0.15, 0.2) is 72.9 Å². The molecular formula is C27H25Cl2FN2O2. The lowest BCUT2D eigenvalue weighted by Crippen LogP contribution is -2.28. The number of methoxy groups -OCH3 is 1. The summed E-state index contributed by atoms with van der Waals surface area (Å²) in [6.07, 6.45) is 2.32. The Hall–Kier alpha value is -2.86. The molecule has 0 aliphatic heterocycles. The Bertz CT molecular complexity index is 1290. The van der Waals surface area contributed by atoms with Crippen molar-refractivity contribution in [1.82, 2.24) is 9.88 Å². The molecule has 0 radical (unpaired) electrons. The van der Waals surface area contributed by atoms with Crippen molar-refractivity contribution < 1.29 is 13.9 Å². The van der Waals surface area contributed by atoms with Crippen molar-refractivity contribution in [1.29, 1.82) is 0 Å². The average molecular weight is 499 g/mol. The molecule has 1 aromatic heterocycles. The molecule has 7 heteroatoms. The summed E-state index contributed by atoms with van der Waals surface area (Å²) < 4.78 is 20.6. The van der Waals surface area contributed by atoms with Crippen molar-refractivity contribution in [2.45, 2.75) is 18.9 Å².